The van der Waals surface area contributed by atoms with Gasteiger partial charge in [0.05, 0.1) is 23.8 Å². The lowest BCUT2D eigenvalue weighted by Crippen LogP contribution is -2.42. The van der Waals surface area contributed by atoms with Crippen LogP contribution in [0.2, 0.25) is 5.02 Å². The summed E-state index contributed by atoms with van der Waals surface area (Å²) in [6.45, 7) is 2.51. The van der Waals surface area contributed by atoms with Crippen molar-refractivity contribution in [2.75, 3.05) is 32.8 Å². The SMILES string of the molecule is O=C(NCCC(=O)N1CCOCC1)c1cc(O)ccc1Cl. The summed E-state index contributed by atoms with van der Waals surface area (Å²) < 4.78 is 5.17. The van der Waals surface area contributed by atoms with Gasteiger partial charge in [-0.2, -0.15) is 0 Å². The molecule has 0 bridgehead atoms. The Labute approximate surface area is 127 Å². The Hall–Kier alpha value is -1.79. The van der Waals surface area contributed by atoms with Crippen molar-refractivity contribution in [2.24, 2.45) is 0 Å². The lowest BCUT2D eigenvalue weighted by Gasteiger charge is -2.26. The predicted octanol–water partition coefficient (Wildman–Crippen LogP) is 1.02. The van der Waals surface area contributed by atoms with Crippen molar-refractivity contribution in [3.8, 4) is 5.75 Å². The van der Waals surface area contributed by atoms with Crippen LogP contribution >= 0.6 is 11.6 Å². The number of carbonyl (C=O) groups excluding carboxylic acids is 2. The summed E-state index contributed by atoms with van der Waals surface area (Å²) in [7, 11) is 0. The van der Waals surface area contributed by atoms with E-state index in [9.17, 15) is 14.7 Å². The Bertz CT molecular complexity index is 530. The Balaban J connectivity index is 1.81. The monoisotopic (exact) mass is 312 g/mol. The molecule has 0 unspecified atom stereocenters. The summed E-state index contributed by atoms with van der Waals surface area (Å²) in [6.07, 6.45) is 0.224. The zero-order valence-corrected chi connectivity index (χ0v) is 12.2. The van der Waals surface area contributed by atoms with Gasteiger partial charge in [-0.25, -0.2) is 0 Å². The second-order valence-electron chi connectivity index (χ2n) is 4.66. The molecule has 6 nitrogen and oxygen atoms in total. The van der Waals surface area contributed by atoms with Gasteiger partial charge >= 0.3 is 0 Å². The number of phenols is 1. The molecule has 0 atom stereocenters. The van der Waals surface area contributed by atoms with E-state index in [0.717, 1.165) is 0 Å². The molecule has 1 fully saturated rings. The highest BCUT2D eigenvalue weighted by atomic mass is 35.5. The fraction of sp³-hybridized carbons (Fsp3) is 0.429. The molecule has 0 aliphatic carbocycles. The average molecular weight is 313 g/mol. The standard InChI is InChI=1S/C14H17ClN2O4/c15-12-2-1-10(18)9-11(12)14(20)16-4-3-13(19)17-5-7-21-8-6-17/h1-2,9,18H,3-8H2,(H,16,20). The van der Waals surface area contributed by atoms with Crippen molar-refractivity contribution in [3.05, 3.63) is 28.8 Å². The molecular formula is C14H17ClN2O4. The third-order valence-electron chi connectivity index (χ3n) is 3.18. The van der Waals surface area contributed by atoms with Crippen molar-refractivity contribution < 1.29 is 19.4 Å². The first kappa shape index (κ1) is 15.6. The number of halogens is 1. The van der Waals surface area contributed by atoms with Crippen LogP contribution in [0.3, 0.4) is 0 Å². The van der Waals surface area contributed by atoms with Gasteiger partial charge in [0.25, 0.3) is 5.91 Å². The summed E-state index contributed by atoms with van der Waals surface area (Å²) in [5.41, 5.74) is 0.190. The highest BCUT2D eigenvalue weighted by molar-refractivity contribution is 6.33. The quantitative estimate of drug-likeness (QED) is 0.870. The van der Waals surface area contributed by atoms with Gasteiger partial charge < -0.3 is 20.1 Å². The molecule has 1 saturated heterocycles. The van der Waals surface area contributed by atoms with E-state index >= 15 is 0 Å². The zero-order chi connectivity index (χ0) is 15.2. The second-order valence-corrected chi connectivity index (χ2v) is 5.07. The van der Waals surface area contributed by atoms with E-state index in [-0.39, 0.29) is 35.2 Å². The normalized spacial score (nSPS) is 14.8. The molecule has 1 aliphatic heterocycles. The van der Waals surface area contributed by atoms with Crippen LogP contribution in [-0.2, 0) is 9.53 Å². The van der Waals surface area contributed by atoms with E-state index in [4.69, 9.17) is 16.3 Å². The fourth-order valence-corrected chi connectivity index (χ4v) is 2.24. The van der Waals surface area contributed by atoms with Gasteiger partial charge in [0, 0.05) is 26.1 Å². The Morgan fingerprint density at radius 1 is 1.33 bits per heavy atom. The summed E-state index contributed by atoms with van der Waals surface area (Å²) in [5, 5.41) is 12.2. The maximum absolute atomic E-state index is 11.9. The number of ether oxygens (including phenoxy) is 1. The van der Waals surface area contributed by atoms with E-state index < -0.39 is 5.91 Å². The van der Waals surface area contributed by atoms with Crippen molar-refractivity contribution in [3.63, 3.8) is 0 Å². The molecule has 0 radical (unpaired) electrons. The Kier molecular flexibility index (Phi) is 5.41. The minimum atomic E-state index is -0.411. The molecule has 1 heterocycles. The maximum Gasteiger partial charge on any atom is 0.252 e. The first-order valence-electron chi connectivity index (χ1n) is 6.70. The highest BCUT2D eigenvalue weighted by Gasteiger charge is 2.17. The van der Waals surface area contributed by atoms with E-state index in [1.54, 1.807) is 4.90 Å². The van der Waals surface area contributed by atoms with Gasteiger partial charge in [0.1, 0.15) is 5.75 Å². The molecule has 2 amide bonds. The number of benzene rings is 1. The number of phenolic OH excluding ortho intramolecular Hbond substituents is 1. The van der Waals surface area contributed by atoms with Crippen LogP contribution in [0.1, 0.15) is 16.8 Å². The molecule has 21 heavy (non-hydrogen) atoms. The fourth-order valence-electron chi connectivity index (χ4n) is 2.04. The van der Waals surface area contributed by atoms with Gasteiger partial charge in [-0.05, 0) is 18.2 Å². The minimum Gasteiger partial charge on any atom is -0.508 e. The summed E-state index contributed by atoms with van der Waals surface area (Å²) in [5.74, 6) is -0.458. The van der Waals surface area contributed by atoms with Crippen molar-refractivity contribution >= 4 is 23.4 Å². The molecule has 1 aromatic carbocycles. The molecule has 0 saturated carbocycles. The van der Waals surface area contributed by atoms with E-state index in [2.05, 4.69) is 5.32 Å². The van der Waals surface area contributed by atoms with Gasteiger partial charge in [-0.1, -0.05) is 11.6 Å². The second kappa shape index (κ2) is 7.28. The summed E-state index contributed by atoms with van der Waals surface area (Å²) in [4.78, 5) is 25.5. The maximum atomic E-state index is 11.9. The molecule has 7 heteroatoms. The van der Waals surface area contributed by atoms with Gasteiger partial charge in [0.15, 0.2) is 0 Å². The number of carbonyl (C=O) groups is 2. The largest absolute Gasteiger partial charge is 0.508 e. The lowest BCUT2D eigenvalue weighted by molar-refractivity contribution is -0.135. The number of morpholine rings is 1. The van der Waals surface area contributed by atoms with Crippen LogP contribution in [0.25, 0.3) is 0 Å². The van der Waals surface area contributed by atoms with Crippen molar-refractivity contribution in [1.82, 2.24) is 10.2 Å². The van der Waals surface area contributed by atoms with Crippen LogP contribution in [0.15, 0.2) is 18.2 Å². The van der Waals surface area contributed by atoms with Crippen molar-refractivity contribution in [1.29, 1.82) is 0 Å². The Morgan fingerprint density at radius 3 is 2.76 bits per heavy atom. The number of hydrogen-bond acceptors (Lipinski definition) is 4. The average Bonchev–Trinajstić information content (AvgIpc) is 2.50. The van der Waals surface area contributed by atoms with E-state index in [0.29, 0.717) is 26.3 Å². The van der Waals surface area contributed by atoms with Gasteiger partial charge in [-0.15, -0.1) is 0 Å². The number of amides is 2. The Morgan fingerprint density at radius 2 is 2.05 bits per heavy atom. The lowest BCUT2D eigenvalue weighted by atomic mass is 10.2. The molecule has 2 N–H and O–H groups in total. The summed E-state index contributed by atoms with van der Waals surface area (Å²) >= 11 is 5.89. The highest BCUT2D eigenvalue weighted by Crippen LogP contribution is 2.20. The van der Waals surface area contributed by atoms with Crippen LogP contribution in [0.4, 0.5) is 0 Å². The molecule has 0 spiro atoms. The summed E-state index contributed by atoms with van der Waals surface area (Å²) in [6, 6.07) is 4.15. The first-order valence-corrected chi connectivity index (χ1v) is 7.08. The number of nitrogens with one attached hydrogen (secondary N) is 1. The van der Waals surface area contributed by atoms with Crippen LogP contribution in [0, 0.1) is 0 Å². The molecule has 114 valence electrons. The predicted molar refractivity (Wildman–Crippen MR) is 77.5 cm³/mol. The smallest absolute Gasteiger partial charge is 0.252 e. The van der Waals surface area contributed by atoms with E-state index in [1.807, 2.05) is 0 Å². The number of aromatic hydroxyl groups is 1. The molecule has 2 rings (SSSR count). The molecular weight excluding hydrogens is 296 g/mol. The van der Waals surface area contributed by atoms with Crippen LogP contribution in [-0.4, -0.2) is 54.7 Å². The number of hydrogen-bond donors (Lipinski definition) is 2. The third-order valence-corrected chi connectivity index (χ3v) is 3.51. The topological polar surface area (TPSA) is 78.9 Å². The van der Waals surface area contributed by atoms with Crippen LogP contribution in [0.5, 0.6) is 5.75 Å². The number of nitrogens with zero attached hydrogens (tertiary/aromatic N) is 1. The first-order chi connectivity index (χ1) is 10.1. The minimum absolute atomic E-state index is 0.0133. The van der Waals surface area contributed by atoms with Gasteiger partial charge in [0.2, 0.25) is 5.91 Å². The zero-order valence-electron chi connectivity index (χ0n) is 11.5. The van der Waals surface area contributed by atoms with Crippen LogP contribution < -0.4 is 5.32 Å². The number of rotatable bonds is 4. The molecule has 1 aliphatic rings. The van der Waals surface area contributed by atoms with Gasteiger partial charge in [-0.3, -0.25) is 9.59 Å². The van der Waals surface area contributed by atoms with E-state index in [1.165, 1.54) is 18.2 Å². The molecule has 1 aromatic rings. The molecule has 0 aromatic heterocycles. The van der Waals surface area contributed by atoms with Crippen molar-refractivity contribution in [2.45, 2.75) is 6.42 Å². The third kappa shape index (κ3) is 4.34.